The lowest BCUT2D eigenvalue weighted by Gasteiger charge is -2.34. The molecule has 0 aromatic heterocycles. The number of anilines is 6. The topological polar surface area (TPSA) is 24.9 Å². The molecule has 710 valence electrons. The zero-order valence-corrected chi connectivity index (χ0v) is 88.4. The highest BCUT2D eigenvalue weighted by molar-refractivity contribution is 9.10. The number of hydrogen-bond donors (Lipinski definition) is 0. The average molecular weight is 1940 g/mol. The number of nitrogens with zero attached hydrogens (tertiary/aromatic N) is 2. The Morgan fingerprint density at radius 2 is 0.465 bits per heavy atom. The van der Waals surface area contributed by atoms with Gasteiger partial charge in [0.2, 0.25) is 0 Å². The van der Waals surface area contributed by atoms with E-state index in [1.807, 2.05) is 0 Å². The highest BCUT2D eigenvalue weighted by Gasteiger charge is 2.57. The van der Waals surface area contributed by atoms with Crippen LogP contribution in [-0.2, 0) is 52.6 Å². The van der Waals surface area contributed by atoms with Crippen molar-refractivity contribution in [2.75, 3.05) is 9.80 Å². The SMILES string of the molecule is CC(C)(C)c1ccc2c(c1)C1(c3cc(C(C)(C)C)ccc3-2)c2ccccc2-c2cccc(-c3ccc(N(c4ccc(-c5ccccc5)cc4)c4ccc5c(c4)C(C)(C)c4ccccc4-5)cc3)c21.CC(C)(C)c1ccc2c(c1)C1(c3cc(C(C)(C)C)ccc3-2)c2ccccc2-c2cccc(Br)c21.CC1(C)c2ccccc2-c2ccc(N(c3ccc(B4OC(C)(C)C(C)(C)O4)cc3)c3ccc(-c4ccccc4)cc3)cc21. The fourth-order valence-corrected chi connectivity index (χ4v) is 25.2. The quantitative estimate of drug-likeness (QED) is 0.127. The van der Waals surface area contributed by atoms with Gasteiger partial charge in [0.05, 0.1) is 22.0 Å². The summed E-state index contributed by atoms with van der Waals surface area (Å²) in [5.41, 5.74) is 51.6. The molecular formula is C138H126BBrN2O2. The summed E-state index contributed by atoms with van der Waals surface area (Å²) in [4.78, 5) is 4.79. The number of rotatable bonds is 10. The molecule has 2 spiro atoms. The lowest BCUT2D eigenvalue weighted by Crippen LogP contribution is -2.41. The zero-order valence-electron chi connectivity index (χ0n) is 86.8. The maximum Gasteiger partial charge on any atom is 0.494 e. The minimum atomic E-state index is -0.490. The van der Waals surface area contributed by atoms with Gasteiger partial charge in [-0.25, -0.2) is 0 Å². The minimum absolute atomic E-state index is 0.00975. The smallest absolute Gasteiger partial charge is 0.399 e. The molecule has 0 N–H and O–H groups in total. The molecule has 0 atom stereocenters. The van der Waals surface area contributed by atoms with Crippen molar-refractivity contribution in [1.82, 2.24) is 0 Å². The van der Waals surface area contributed by atoms with Crippen molar-refractivity contribution in [3.63, 3.8) is 0 Å². The van der Waals surface area contributed by atoms with Gasteiger partial charge >= 0.3 is 7.12 Å². The molecule has 1 aliphatic heterocycles. The monoisotopic (exact) mass is 1930 g/mol. The normalized spacial score (nSPS) is 15.5. The van der Waals surface area contributed by atoms with E-state index in [0.717, 1.165) is 39.6 Å². The first-order valence-electron chi connectivity index (χ1n) is 51.5. The Hall–Kier alpha value is -14.0. The van der Waals surface area contributed by atoms with Crippen molar-refractivity contribution in [3.05, 3.63) is 494 Å². The third-order valence-electron chi connectivity index (χ3n) is 33.0. The van der Waals surface area contributed by atoms with Crippen molar-refractivity contribution in [1.29, 1.82) is 0 Å². The van der Waals surface area contributed by atoms with Gasteiger partial charge in [0.1, 0.15) is 0 Å². The molecule has 0 saturated carbocycles. The summed E-state index contributed by atoms with van der Waals surface area (Å²) in [6.45, 7) is 45.7. The van der Waals surface area contributed by atoms with Crippen LogP contribution in [-0.4, -0.2) is 18.3 Å². The lowest BCUT2D eigenvalue weighted by atomic mass is 9.67. The molecular weight excluding hydrogens is 1810 g/mol. The second-order valence-electron chi connectivity index (χ2n) is 47.0. The first-order valence-corrected chi connectivity index (χ1v) is 52.3. The van der Waals surface area contributed by atoms with Crippen molar-refractivity contribution < 1.29 is 9.31 Å². The molecule has 1 fully saturated rings. The molecule has 18 aromatic rings. The van der Waals surface area contributed by atoms with Gasteiger partial charge in [-0.3, -0.25) is 0 Å². The number of halogens is 1. The molecule has 25 rings (SSSR count). The Bertz CT molecular complexity index is 8010. The molecule has 6 aliphatic carbocycles. The van der Waals surface area contributed by atoms with Crippen LogP contribution in [0.3, 0.4) is 0 Å². The summed E-state index contributed by atoms with van der Waals surface area (Å²) in [5.74, 6) is 0. The largest absolute Gasteiger partial charge is 0.494 e. The molecule has 1 saturated heterocycles. The van der Waals surface area contributed by atoms with E-state index < -0.39 is 12.5 Å². The summed E-state index contributed by atoms with van der Waals surface area (Å²) in [7, 11) is -0.392. The Morgan fingerprint density at radius 1 is 0.208 bits per heavy atom. The highest BCUT2D eigenvalue weighted by atomic mass is 79.9. The first-order chi connectivity index (χ1) is 68.8. The number of hydrogen-bond acceptors (Lipinski definition) is 4. The van der Waals surface area contributed by atoms with E-state index >= 15 is 0 Å². The van der Waals surface area contributed by atoms with Crippen molar-refractivity contribution in [2.24, 2.45) is 0 Å². The number of fused-ring (bicyclic) bond motifs is 26. The van der Waals surface area contributed by atoms with E-state index in [-0.39, 0.29) is 49.1 Å². The Labute approximate surface area is 862 Å². The molecule has 7 aliphatic rings. The van der Waals surface area contributed by atoms with Gasteiger partial charge in [-0.15, -0.1) is 0 Å². The molecule has 6 heteroatoms. The average Bonchev–Trinajstić information content (AvgIpc) is 1.50. The Kier molecular flexibility index (Phi) is 22.2. The van der Waals surface area contributed by atoms with E-state index in [1.165, 1.54) is 194 Å². The number of benzene rings is 18. The highest BCUT2D eigenvalue weighted by Crippen LogP contribution is 2.68. The van der Waals surface area contributed by atoms with Gasteiger partial charge in [-0.05, 0) is 323 Å². The predicted molar refractivity (Wildman–Crippen MR) is 611 cm³/mol. The van der Waals surface area contributed by atoms with Crippen molar-refractivity contribution in [2.45, 2.75) is 193 Å². The van der Waals surface area contributed by atoms with Crippen LogP contribution in [0.15, 0.2) is 405 Å². The lowest BCUT2D eigenvalue weighted by molar-refractivity contribution is 0.00578. The molecule has 18 aromatic carbocycles. The van der Waals surface area contributed by atoms with Gasteiger partial charge in [0.25, 0.3) is 0 Å². The fraction of sp³-hybridized carbons (Fsp3) is 0.217. The third-order valence-corrected chi connectivity index (χ3v) is 33.7. The van der Waals surface area contributed by atoms with Crippen LogP contribution < -0.4 is 15.3 Å². The van der Waals surface area contributed by atoms with Gasteiger partial charge in [-0.2, -0.15) is 0 Å². The minimum Gasteiger partial charge on any atom is -0.399 e. The summed E-state index contributed by atoms with van der Waals surface area (Å²) < 4.78 is 13.9. The van der Waals surface area contributed by atoms with Crippen LogP contribution in [0.4, 0.5) is 34.1 Å². The molecule has 0 amide bonds. The maximum atomic E-state index is 6.34. The van der Waals surface area contributed by atoms with Crippen molar-refractivity contribution in [3.8, 4) is 100 Å². The van der Waals surface area contributed by atoms with Crippen LogP contribution in [0.5, 0.6) is 0 Å². The molecule has 0 bridgehead atoms. The molecule has 0 unspecified atom stereocenters. The second-order valence-corrected chi connectivity index (χ2v) is 47.9. The standard InChI is InChI=1S/C66H57N.C39H38BNO2.C33H31Br/c1-63(2,3)45-29-36-54-55-37-30-46(64(4,5)6)40-61(55)66(60(54)39-45)58-24-15-13-20-52(58)56-22-16-21-50(62(56)66)44-27-33-48(34-28-44)67(47-31-25-43(26-32-47)42-17-10-9-11-18-42)49-35-38-53-51-19-12-14-23-57(51)65(7,8)59(53)41-49;1-37(2)35-15-11-10-14-33(35)34-25-24-32(26-36(34)37)41(30-20-16-28(17-21-30)27-12-8-7-9-13-27)31-22-18-29(19-23-31)40-42-38(3,4)39(5,6)43-40;1-31(2,3)20-14-16-23-24-17-15-21(32(4,5)6)19-28(24)33(27(23)18-20)26-12-8-7-10-22(26)25-11-9-13-29(34)30(25)33/h9-41H,1-8H3;7-26H,1-6H3;7-19H,1-6H3. The van der Waals surface area contributed by atoms with Crippen LogP contribution >= 0.6 is 15.9 Å². The van der Waals surface area contributed by atoms with E-state index in [9.17, 15) is 0 Å². The molecule has 4 nitrogen and oxygen atoms in total. The summed E-state index contributed by atoms with van der Waals surface area (Å²) >= 11 is 4.01. The molecule has 0 radical (unpaired) electrons. The van der Waals surface area contributed by atoms with Crippen molar-refractivity contribution >= 4 is 62.6 Å². The van der Waals surface area contributed by atoms with Gasteiger partial charge < -0.3 is 19.1 Å². The van der Waals surface area contributed by atoms with E-state index in [4.69, 9.17) is 9.31 Å². The van der Waals surface area contributed by atoms with Crippen LogP contribution in [0.2, 0.25) is 0 Å². The predicted octanol–water partition coefficient (Wildman–Crippen LogP) is 36.6. The first kappa shape index (κ1) is 93.7. The second kappa shape index (κ2) is 34.1. The molecule has 1 heterocycles. The maximum absolute atomic E-state index is 6.34. The van der Waals surface area contributed by atoms with Gasteiger partial charge in [0, 0.05) is 49.4 Å². The summed E-state index contributed by atoms with van der Waals surface area (Å²) in [6.07, 6.45) is 0. The molecule has 144 heavy (non-hydrogen) atoms. The summed E-state index contributed by atoms with van der Waals surface area (Å²) in [6, 6.07) is 150. The zero-order chi connectivity index (χ0) is 100. The van der Waals surface area contributed by atoms with Crippen LogP contribution in [0, 0.1) is 0 Å². The fourth-order valence-electron chi connectivity index (χ4n) is 24.5. The van der Waals surface area contributed by atoms with Gasteiger partial charge in [-0.1, -0.05) is 448 Å². The Morgan fingerprint density at radius 3 is 0.826 bits per heavy atom. The van der Waals surface area contributed by atoms with Gasteiger partial charge in [0.15, 0.2) is 0 Å². The van der Waals surface area contributed by atoms with Crippen LogP contribution in [0.25, 0.3) is 100 Å². The summed E-state index contributed by atoms with van der Waals surface area (Å²) in [5, 5.41) is 0. The van der Waals surface area contributed by atoms with E-state index in [2.05, 4.69) is 565 Å². The third kappa shape index (κ3) is 15.0. The Balaban J connectivity index is 0.000000128. The van der Waals surface area contributed by atoms with Crippen LogP contribution in [0.1, 0.15) is 227 Å². The van der Waals surface area contributed by atoms with E-state index in [0.29, 0.717) is 0 Å². The van der Waals surface area contributed by atoms with E-state index in [1.54, 1.807) is 0 Å².